The molecule has 18 heavy (non-hydrogen) atoms. The van der Waals surface area contributed by atoms with Gasteiger partial charge >= 0.3 is 0 Å². The van der Waals surface area contributed by atoms with E-state index in [4.69, 9.17) is 0 Å². The van der Waals surface area contributed by atoms with Crippen molar-refractivity contribution in [3.63, 3.8) is 0 Å². The highest BCUT2D eigenvalue weighted by molar-refractivity contribution is 5.85. The molecule has 2 aliphatic heterocycles. The summed E-state index contributed by atoms with van der Waals surface area (Å²) in [7, 11) is 0. The summed E-state index contributed by atoms with van der Waals surface area (Å²) >= 11 is 0. The molecule has 3 nitrogen and oxygen atoms in total. The van der Waals surface area contributed by atoms with Crippen LogP contribution in [0.2, 0.25) is 0 Å². The first kappa shape index (κ1) is 14.1. The Labute approximate surface area is 116 Å². The predicted molar refractivity (Wildman–Crippen MR) is 74.8 cm³/mol. The molecular weight excluding hydrogens is 248 g/mol. The van der Waals surface area contributed by atoms with Gasteiger partial charge in [0.15, 0.2) is 0 Å². The number of hydrogen-bond acceptors (Lipinski definition) is 2. The largest absolute Gasteiger partial charge is 0.339 e. The van der Waals surface area contributed by atoms with Crippen LogP contribution in [0.3, 0.4) is 0 Å². The Kier molecular flexibility index (Phi) is 3.93. The Hall–Kier alpha value is -0.280. The van der Waals surface area contributed by atoms with Crippen LogP contribution in [0.15, 0.2) is 0 Å². The van der Waals surface area contributed by atoms with Gasteiger partial charge in [-0.15, -0.1) is 12.4 Å². The highest BCUT2D eigenvalue weighted by Crippen LogP contribution is 2.59. The zero-order valence-corrected chi connectivity index (χ0v) is 12.3. The zero-order chi connectivity index (χ0) is 12.0. The zero-order valence-electron chi connectivity index (χ0n) is 11.4. The van der Waals surface area contributed by atoms with E-state index in [1.165, 1.54) is 19.3 Å². The maximum Gasteiger partial charge on any atom is 0.226 e. The Balaban J connectivity index is 0.00000120. The van der Waals surface area contributed by atoms with Gasteiger partial charge in [0, 0.05) is 18.5 Å². The lowest BCUT2D eigenvalue weighted by Gasteiger charge is -2.27. The van der Waals surface area contributed by atoms with Crippen molar-refractivity contribution in [2.75, 3.05) is 19.6 Å². The number of nitrogens with one attached hydrogen (secondary N) is 1. The van der Waals surface area contributed by atoms with Gasteiger partial charge < -0.3 is 10.2 Å². The molecule has 2 saturated heterocycles. The average molecular weight is 273 g/mol. The number of carbonyl (C=O) groups excluding carboxylic acids is 1. The molecule has 1 aliphatic carbocycles. The molecule has 0 aromatic rings. The van der Waals surface area contributed by atoms with Gasteiger partial charge in [0.05, 0.1) is 0 Å². The molecule has 0 radical (unpaired) electrons. The minimum Gasteiger partial charge on any atom is -0.339 e. The molecule has 3 atom stereocenters. The van der Waals surface area contributed by atoms with Gasteiger partial charge in [-0.1, -0.05) is 6.92 Å². The van der Waals surface area contributed by atoms with E-state index < -0.39 is 0 Å². The SMILES string of the molecule is CC1CCN(C(=O)C2CC23CCNCC3)C1C.Cl. The van der Waals surface area contributed by atoms with Crippen molar-refractivity contribution in [2.24, 2.45) is 17.3 Å². The minimum atomic E-state index is 0. The van der Waals surface area contributed by atoms with Gasteiger partial charge in [-0.2, -0.15) is 0 Å². The Morgan fingerprint density at radius 3 is 2.50 bits per heavy atom. The lowest BCUT2D eigenvalue weighted by atomic mass is 9.91. The smallest absolute Gasteiger partial charge is 0.226 e. The molecule has 1 amide bonds. The Morgan fingerprint density at radius 2 is 1.94 bits per heavy atom. The second-order valence-corrected chi connectivity index (χ2v) is 6.41. The molecule has 0 aromatic carbocycles. The molecule has 3 unspecified atom stereocenters. The molecule has 2 heterocycles. The van der Waals surface area contributed by atoms with Crippen LogP contribution in [-0.4, -0.2) is 36.5 Å². The molecule has 0 bridgehead atoms. The number of hydrogen-bond donors (Lipinski definition) is 1. The summed E-state index contributed by atoms with van der Waals surface area (Å²) in [4.78, 5) is 14.7. The number of rotatable bonds is 1. The van der Waals surface area contributed by atoms with Crippen molar-refractivity contribution in [3.05, 3.63) is 0 Å². The molecule has 104 valence electrons. The maximum absolute atomic E-state index is 12.5. The highest BCUT2D eigenvalue weighted by Gasteiger charge is 2.59. The number of likely N-dealkylation sites (tertiary alicyclic amines) is 1. The topological polar surface area (TPSA) is 32.3 Å². The van der Waals surface area contributed by atoms with Crippen LogP contribution in [0, 0.1) is 17.3 Å². The van der Waals surface area contributed by atoms with Gasteiger partial charge in [-0.25, -0.2) is 0 Å². The lowest BCUT2D eigenvalue weighted by molar-refractivity contribution is -0.134. The van der Waals surface area contributed by atoms with Gasteiger partial charge in [0.25, 0.3) is 0 Å². The fourth-order valence-electron chi connectivity index (χ4n) is 3.78. The highest BCUT2D eigenvalue weighted by atomic mass is 35.5. The third-order valence-electron chi connectivity index (χ3n) is 5.51. The standard InChI is InChI=1S/C14H24N2O.ClH/c1-10-3-8-16(11(10)2)13(17)12-9-14(12)4-6-15-7-5-14;/h10-12,15H,3-9H2,1-2H3;1H. The Morgan fingerprint density at radius 1 is 1.28 bits per heavy atom. The van der Waals surface area contributed by atoms with E-state index in [1.54, 1.807) is 0 Å². The molecule has 3 aliphatic rings. The van der Waals surface area contributed by atoms with Crippen molar-refractivity contribution >= 4 is 18.3 Å². The van der Waals surface area contributed by atoms with Gasteiger partial charge in [0.1, 0.15) is 0 Å². The summed E-state index contributed by atoms with van der Waals surface area (Å²) in [5, 5.41) is 3.40. The van der Waals surface area contributed by atoms with E-state index in [0.29, 0.717) is 29.2 Å². The van der Waals surface area contributed by atoms with Crippen molar-refractivity contribution in [3.8, 4) is 0 Å². The van der Waals surface area contributed by atoms with Crippen molar-refractivity contribution in [1.29, 1.82) is 0 Å². The molecule has 1 N–H and O–H groups in total. The second kappa shape index (κ2) is 5.01. The van der Waals surface area contributed by atoms with Gasteiger partial charge in [0.2, 0.25) is 5.91 Å². The van der Waals surface area contributed by atoms with Crippen molar-refractivity contribution < 1.29 is 4.79 Å². The number of piperidine rings is 1. The Bertz CT molecular complexity index is 328. The summed E-state index contributed by atoms with van der Waals surface area (Å²) in [6.45, 7) is 7.69. The van der Waals surface area contributed by atoms with Crippen LogP contribution in [0.25, 0.3) is 0 Å². The fourth-order valence-corrected chi connectivity index (χ4v) is 3.78. The van der Waals surface area contributed by atoms with Crippen LogP contribution in [-0.2, 0) is 4.79 Å². The molecule has 4 heteroatoms. The van der Waals surface area contributed by atoms with E-state index in [-0.39, 0.29) is 12.4 Å². The summed E-state index contributed by atoms with van der Waals surface area (Å²) in [5.74, 6) is 1.50. The van der Waals surface area contributed by atoms with Gasteiger partial charge in [-0.05, 0) is 57.0 Å². The summed E-state index contributed by atoms with van der Waals surface area (Å²) < 4.78 is 0. The van der Waals surface area contributed by atoms with Crippen molar-refractivity contribution in [1.82, 2.24) is 10.2 Å². The van der Waals surface area contributed by atoms with E-state index in [1.807, 2.05) is 0 Å². The van der Waals surface area contributed by atoms with Crippen LogP contribution in [0.5, 0.6) is 0 Å². The monoisotopic (exact) mass is 272 g/mol. The molecule has 1 spiro atoms. The fraction of sp³-hybridized carbons (Fsp3) is 0.929. The van der Waals surface area contributed by atoms with E-state index in [9.17, 15) is 4.79 Å². The first-order chi connectivity index (χ1) is 8.14. The third kappa shape index (κ3) is 2.16. The van der Waals surface area contributed by atoms with E-state index in [0.717, 1.165) is 26.1 Å². The first-order valence-electron chi connectivity index (χ1n) is 7.15. The van der Waals surface area contributed by atoms with Crippen LogP contribution < -0.4 is 5.32 Å². The van der Waals surface area contributed by atoms with Crippen LogP contribution in [0.1, 0.15) is 39.5 Å². The quantitative estimate of drug-likeness (QED) is 0.792. The van der Waals surface area contributed by atoms with E-state index in [2.05, 4.69) is 24.1 Å². The minimum absolute atomic E-state index is 0. The second-order valence-electron chi connectivity index (χ2n) is 6.41. The van der Waals surface area contributed by atoms with Crippen molar-refractivity contribution in [2.45, 2.75) is 45.6 Å². The average Bonchev–Trinajstić information content (AvgIpc) is 2.92. The van der Waals surface area contributed by atoms with Crippen LogP contribution >= 0.6 is 12.4 Å². The number of amides is 1. The molecule has 0 aromatic heterocycles. The molecule has 3 fully saturated rings. The first-order valence-corrected chi connectivity index (χ1v) is 7.15. The van der Waals surface area contributed by atoms with Crippen LogP contribution in [0.4, 0.5) is 0 Å². The number of carbonyl (C=O) groups is 1. The number of nitrogens with zero attached hydrogens (tertiary/aromatic N) is 1. The summed E-state index contributed by atoms with van der Waals surface area (Å²) in [5.41, 5.74) is 0.397. The summed E-state index contributed by atoms with van der Waals surface area (Å²) in [6.07, 6.45) is 4.77. The molecule has 3 rings (SSSR count). The molecule has 1 saturated carbocycles. The third-order valence-corrected chi connectivity index (χ3v) is 5.51. The van der Waals surface area contributed by atoms with Gasteiger partial charge in [-0.3, -0.25) is 4.79 Å². The predicted octanol–water partition coefficient (Wildman–Crippen LogP) is 2.05. The summed E-state index contributed by atoms with van der Waals surface area (Å²) in [6, 6.07) is 0.460. The normalized spacial score (nSPS) is 37.4. The molecular formula is C14H25ClN2O. The number of halogens is 1. The maximum atomic E-state index is 12.5. The lowest BCUT2D eigenvalue weighted by Crippen LogP contribution is -2.39. The van der Waals surface area contributed by atoms with E-state index >= 15 is 0 Å².